The molecule has 2 aromatic heterocycles. The van der Waals surface area contributed by atoms with Crippen LogP contribution in [0.1, 0.15) is 103 Å². The highest BCUT2D eigenvalue weighted by atomic mass is 16.4. The second-order valence-corrected chi connectivity index (χ2v) is 24.3. The van der Waals surface area contributed by atoms with E-state index >= 15 is 14.4 Å². The number of aromatic nitrogens is 2. The fraction of sp³-hybridized carbons (Fsp3) is 0.516. The van der Waals surface area contributed by atoms with E-state index < -0.39 is 119 Å². The lowest BCUT2D eigenvalue weighted by molar-refractivity contribution is -0.142. The molecule has 0 fully saturated rings. The molecule has 9 atom stereocenters. The highest BCUT2D eigenvalue weighted by molar-refractivity contribution is 5.99. The summed E-state index contributed by atoms with van der Waals surface area (Å²) in [6, 6.07) is 2.00. The summed E-state index contributed by atoms with van der Waals surface area (Å²) in [7, 11) is 0. The third-order valence-corrected chi connectivity index (χ3v) is 15.8. The second kappa shape index (κ2) is 40.5. The Morgan fingerprint density at radius 1 is 0.388 bits per heavy atom. The predicted octanol–water partition coefficient (Wildman–Crippen LogP) is -3.65. The molecule has 0 aliphatic carbocycles. The van der Waals surface area contributed by atoms with Gasteiger partial charge in [-0.15, -0.1) is 0 Å². The topological polar surface area (TPSA) is 637 Å². The number of nitrogens with one attached hydrogen (secondary N) is 20. The van der Waals surface area contributed by atoms with Crippen LogP contribution in [0.3, 0.4) is 0 Å². The van der Waals surface area contributed by atoms with Gasteiger partial charge < -0.3 is 119 Å². The van der Waals surface area contributed by atoms with Crippen molar-refractivity contribution in [2.75, 3.05) is 32.7 Å². The molecule has 0 bridgehead atoms. The average molecular weight is 1370 g/mol. The van der Waals surface area contributed by atoms with Crippen LogP contribution in [-0.2, 0) is 56.0 Å². The number of hydrogen-bond donors (Lipinski definition) is 27. The van der Waals surface area contributed by atoms with Crippen molar-refractivity contribution in [3.05, 3.63) is 72.1 Å². The molecular weight excluding hydrogens is 1270 g/mol. The fourth-order valence-electron chi connectivity index (χ4n) is 10.5. The van der Waals surface area contributed by atoms with Crippen molar-refractivity contribution in [1.29, 1.82) is 27.0 Å². The summed E-state index contributed by atoms with van der Waals surface area (Å²) >= 11 is 0. The lowest BCUT2D eigenvalue weighted by Gasteiger charge is -2.29. The van der Waals surface area contributed by atoms with Gasteiger partial charge in [0.15, 0.2) is 29.8 Å². The Bertz CT molecular complexity index is 3410. The van der Waals surface area contributed by atoms with Gasteiger partial charge in [0.2, 0.25) is 47.3 Å². The van der Waals surface area contributed by atoms with E-state index in [1.807, 2.05) is 6.07 Å². The Morgan fingerprint density at radius 2 is 0.663 bits per heavy atom. The molecule has 0 radical (unpaired) electrons. The first kappa shape index (κ1) is 79.5. The van der Waals surface area contributed by atoms with Crippen LogP contribution in [-0.4, -0.2) is 185 Å². The quantitative estimate of drug-likeness (QED) is 0.0115. The molecule has 0 aliphatic heterocycles. The number of carbonyl (C=O) groups excluding carboxylic acids is 8. The van der Waals surface area contributed by atoms with Gasteiger partial charge in [0.25, 0.3) is 0 Å². The van der Waals surface area contributed by atoms with E-state index in [2.05, 4.69) is 79.1 Å². The number of hydrogen-bond acceptors (Lipinski definition) is 15. The van der Waals surface area contributed by atoms with Crippen LogP contribution >= 0.6 is 0 Å². The van der Waals surface area contributed by atoms with Crippen molar-refractivity contribution in [1.82, 2.24) is 79.1 Å². The van der Waals surface area contributed by atoms with Gasteiger partial charge >= 0.3 is 5.97 Å². The normalized spacial score (nSPS) is 13.9. The minimum atomic E-state index is -1.50. The molecule has 2 heterocycles. The molecule has 4 aromatic rings. The third-order valence-electron chi connectivity index (χ3n) is 15.8. The number of aliphatic carboxylic acids is 1. The Labute approximate surface area is 567 Å². The van der Waals surface area contributed by atoms with Crippen LogP contribution in [0.15, 0.2) is 60.9 Å². The maximum absolute atomic E-state index is 15.2. The summed E-state index contributed by atoms with van der Waals surface area (Å²) in [6.07, 6.45) is 3.80. The van der Waals surface area contributed by atoms with E-state index in [9.17, 15) is 33.9 Å². The van der Waals surface area contributed by atoms with Gasteiger partial charge in [0, 0.05) is 79.8 Å². The summed E-state index contributed by atoms with van der Waals surface area (Å²) < 4.78 is 0. The Hall–Kier alpha value is -10.9. The first-order valence-corrected chi connectivity index (χ1v) is 32.4. The number of aromatic amines is 2. The van der Waals surface area contributed by atoms with Gasteiger partial charge in [-0.05, 0) is 99.3 Å². The molecule has 36 heteroatoms. The maximum Gasteiger partial charge on any atom is 0.326 e. The highest BCUT2D eigenvalue weighted by Gasteiger charge is 2.37. The van der Waals surface area contributed by atoms with Crippen LogP contribution in [0, 0.1) is 38.9 Å². The van der Waals surface area contributed by atoms with Crippen molar-refractivity contribution in [2.24, 2.45) is 46.2 Å². The van der Waals surface area contributed by atoms with E-state index in [4.69, 9.17) is 61.4 Å². The van der Waals surface area contributed by atoms with E-state index in [0.717, 1.165) is 0 Å². The Morgan fingerprint density at radius 3 is 1.02 bits per heavy atom. The minimum Gasteiger partial charge on any atom is -0.480 e. The minimum absolute atomic E-state index is 0.00443. The maximum atomic E-state index is 15.2. The van der Waals surface area contributed by atoms with Gasteiger partial charge in [-0.2, -0.15) is 0 Å². The predicted molar refractivity (Wildman–Crippen MR) is 370 cm³/mol. The molecule has 36 nitrogen and oxygen atoms in total. The number of fused-ring (bicyclic) bond motifs is 2. The van der Waals surface area contributed by atoms with Gasteiger partial charge in [0.1, 0.15) is 48.3 Å². The molecule has 0 saturated carbocycles. The fourth-order valence-corrected chi connectivity index (χ4v) is 10.5. The van der Waals surface area contributed by atoms with Crippen LogP contribution in [0.4, 0.5) is 0 Å². The van der Waals surface area contributed by atoms with Crippen molar-refractivity contribution in [3.8, 4) is 0 Å². The van der Waals surface area contributed by atoms with Gasteiger partial charge in [-0.1, -0.05) is 64.1 Å². The lowest BCUT2D eigenvalue weighted by atomic mass is 9.99. The van der Waals surface area contributed by atoms with Gasteiger partial charge in [-0.25, -0.2) is 4.79 Å². The Kier molecular flexibility index (Phi) is 32.8. The van der Waals surface area contributed by atoms with Crippen molar-refractivity contribution >= 4 is 105 Å². The molecule has 0 saturated heterocycles. The number of H-pyrrole nitrogens is 2. The zero-order chi connectivity index (χ0) is 72.6. The second-order valence-electron chi connectivity index (χ2n) is 24.3. The number of benzene rings is 2. The van der Waals surface area contributed by atoms with Crippen molar-refractivity contribution < 1.29 is 48.3 Å². The summed E-state index contributed by atoms with van der Waals surface area (Å²) in [5.74, 6) is -11.0. The number of carbonyl (C=O) groups is 9. The van der Waals surface area contributed by atoms with E-state index in [-0.39, 0.29) is 133 Å². The number of carboxylic acids is 1. The number of carboxylic acid groups (broad SMARTS) is 1. The molecule has 8 amide bonds. The first-order valence-electron chi connectivity index (χ1n) is 32.4. The number of guanidine groups is 5. The third kappa shape index (κ3) is 27.4. The molecule has 0 unspecified atom stereocenters. The number of amides is 8. The molecular formula is C62H100N26O10. The molecule has 4 rings (SSSR count). The Balaban J connectivity index is 1.72. The van der Waals surface area contributed by atoms with Crippen LogP contribution in [0.2, 0.25) is 0 Å². The van der Waals surface area contributed by atoms with E-state index in [1.165, 1.54) is 0 Å². The molecule has 0 aliphatic rings. The monoisotopic (exact) mass is 1370 g/mol. The highest BCUT2D eigenvalue weighted by Crippen LogP contribution is 2.22. The summed E-state index contributed by atoms with van der Waals surface area (Å²) in [4.78, 5) is 135. The molecule has 98 heavy (non-hydrogen) atoms. The first-order chi connectivity index (χ1) is 46.4. The summed E-state index contributed by atoms with van der Waals surface area (Å²) in [6.45, 7) is 7.23. The summed E-state index contributed by atoms with van der Waals surface area (Å²) in [5, 5.41) is 84.0. The lowest BCUT2D eigenvalue weighted by Crippen LogP contribution is -2.61. The van der Waals surface area contributed by atoms with Crippen molar-refractivity contribution in [3.63, 3.8) is 0 Å². The van der Waals surface area contributed by atoms with E-state index in [1.54, 1.807) is 82.6 Å². The standard InChI is InChI=1S/C62H100N26O10/c1-32(2)47(55(95)83-42(20-11-25-76-60(68)69)50(90)84-44(57(97)98)22-13-27-78-62(72)73)88-54(94)46(29-35-31-80-40-18-8-6-15-37(35)40)85-51(91)41(19-10-24-75-59(66)67)82-53(93)45(28-34-30-79-39-17-7-5-14-36(34)39)86-56(96)48(33(3)4)87-52(92)43(21-12-26-77-61(70)71)81-49(89)38(63)16-9-23-74-58(64)65/h5-8,14-15,17-18,30-33,38,41-48,79-80H,9-13,16,19-29,63H2,1-4H3,(H,81,89)(H,82,93)(H,83,95)(H,84,90)(H,85,91)(H,86,96)(H,87,92)(H,88,94)(H,97,98)(H4,64,65,74)(H4,66,67,75)(H4,68,69,76)(H4,70,71,77)(H4,72,73,78)/t38-,41-,42-,43-,44-,45-,46-,47-,48-/m0/s1. The smallest absolute Gasteiger partial charge is 0.326 e. The molecule has 33 N–H and O–H groups in total. The number of para-hydroxylation sites is 2. The number of nitrogens with two attached hydrogens (primary N) is 6. The molecule has 2 aromatic carbocycles. The molecule has 0 spiro atoms. The van der Waals surface area contributed by atoms with Crippen LogP contribution in [0.25, 0.3) is 21.8 Å². The van der Waals surface area contributed by atoms with Crippen molar-refractivity contribution in [2.45, 2.75) is 159 Å². The number of rotatable bonds is 43. The van der Waals surface area contributed by atoms with Crippen LogP contribution < -0.4 is 104 Å². The van der Waals surface area contributed by atoms with Crippen LogP contribution in [0.5, 0.6) is 0 Å². The molecule has 538 valence electrons. The largest absolute Gasteiger partial charge is 0.480 e. The van der Waals surface area contributed by atoms with Gasteiger partial charge in [0.05, 0.1) is 6.04 Å². The SMILES string of the molecule is CC(C)[C@H](NC(=O)[C@H](Cc1c[nH]c2ccccc12)NC(=O)[C@H](CCCNC(=N)N)NC(=O)[C@H](Cc1c[nH]c2ccccc12)NC(=O)[C@@H](NC(=O)[C@H](CCCNC(=N)N)NC(=O)[C@@H](N)CCCNC(=N)N)C(C)C)C(=O)N[C@@H](CCCNC(=N)N)C(=O)N[C@@H](CCCNC(=N)N)C(=O)O. The zero-order valence-electron chi connectivity index (χ0n) is 55.7. The zero-order valence-corrected chi connectivity index (χ0v) is 55.7. The summed E-state index contributed by atoms with van der Waals surface area (Å²) in [5.41, 5.74) is 36.0. The average Bonchev–Trinajstić information content (AvgIpc) is 1.62. The van der Waals surface area contributed by atoms with Gasteiger partial charge in [-0.3, -0.25) is 65.4 Å². The van der Waals surface area contributed by atoms with E-state index in [0.29, 0.717) is 39.4 Å².